The van der Waals surface area contributed by atoms with Crippen LogP contribution in [0.15, 0.2) is 58.2 Å². The molecule has 2 aromatic carbocycles. The van der Waals surface area contributed by atoms with Crippen LogP contribution >= 0.6 is 15.9 Å². The highest BCUT2D eigenvalue weighted by Crippen LogP contribution is 2.43. The van der Waals surface area contributed by atoms with Crippen molar-refractivity contribution in [3.8, 4) is 0 Å². The molecule has 9 heteroatoms. The summed E-state index contributed by atoms with van der Waals surface area (Å²) >= 11 is 3.24. The van der Waals surface area contributed by atoms with E-state index >= 15 is 0 Å². The fourth-order valence-electron chi connectivity index (χ4n) is 3.62. The highest BCUT2D eigenvalue weighted by atomic mass is 79.9. The van der Waals surface area contributed by atoms with Gasteiger partial charge in [0.25, 0.3) is 0 Å². The van der Waals surface area contributed by atoms with E-state index in [-0.39, 0.29) is 35.5 Å². The Morgan fingerprint density at radius 3 is 2.59 bits per heavy atom. The first-order chi connectivity index (χ1) is 13.7. The molecule has 0 aromatic heterocycles. The fraction of sp³-hybridized carbons (Fsp3) is 0.200. The molecule has 29 heavy (non-hydrogen) atoms. The van der Waals surface area contributed by atoms with Crippen molar-refractivity contribution in [2.24, 2.45) is 0 Å². The summed E-state index contributed by atoms with van der Waals surface area (Å²) in [6.07, 6.45) is -4.87. The highest BCUT2D eigenvalue weighted by molar-refractivity contribution is 9.10. The molecule has 1 amide bonds. The van der Waals surface area contributed by atoms with Gasteiger partial charge in [0.1, 0.15) is 12.4 Å². The lowest BCUT2D eigenvalue weighted by Gasteiger charge is -2.32. The molecule has 0 aliphatic carbocycles. The molecular formula is C20H12BrF4NO3. The number of amides is 1. The van der Waals surface area contributed by atoms with Gasteiger partial charge in [0.05, 0.1) is 16.8 Å². The molecule has 0 spiro atoms. The second kappa shape index (κ2) is 6.98. The van der Waals surface area contributed by atoms with E-state index in [0.29, 0.717) is 4.47 Å². The molecule has 4 nitrogen and oxygen atoms in total. The zero-order chi connectivity index (χ0) is 20.9. The molecule has 1 unspecified atom stereocenters. The average molecular weight is 470 g/mol. The summed E-state index contributed by atoms with van der Waals surface area (Å²) < 4.78 is 59.3. The number of alkyl halides is 3. The summed E-state index contributed by atoms with van der Waals surface area (Å²) in [5.74, 6) is -2.74. The number of anilines is 1. The van der Waals surface area contributed by atoms with Crippen LogP contribution in [-0.2, 0) is 20.5 Å². The van der Waals surface area contributed by atoms with Crippen molar-refractivity contribution < 1.29 is 31.9 Å². The van der Waals surface area contributed by atoms with Gasteiger partial charge in [-0.2, -0.15) is 13.2 Å². The van der Waals surface area contributed by atoms with Gasteiger partial charge in [0.15, 0.2) is 0 Å². The van der Waals surface area contributed by atoms with Gasteiger partial charge < -0.3 is 4.74 Å². The zero-order valence-electron chi connectivity index (χ0n) is 14.6. The lowest BCUT2D eigenvalue weighted by Crippen LogP contribution is -2.37. The molecule has 4 rings (SSSR count). The van der Waals surface area contributed by atoms with Gasteiger partial charge in [-0.15, -0.1) is 0 Å². The third-order valence-electron chi connectivity index (χ3n) is 4.88. The first-order valence-electron chi connectivity index (χ1n) is 8.52. The molecule has 150 valence electrons. The maximum atomic E-state index is 14.4. The number of hydrogen-bond donors (Lipinski definition) is 0. The quantitative estimate of drug-likeness (QED) is 0.462. The SMILES string of the molecule is O=C1OCC2=C1C(c1cc(Br)ccc1F)CC(=O)N2c1cccc(C(F)(F)F)c1. The van der Waals surface area contributed by atoms with E-state index in [1.165, 1.54) is 30.3 Å². The highest BCUT2D eigenvalue weighted by Gasteiger charge is 2.44. The molecule has 2 aromatic rings. The van der Waals surface area contributed by atoms with Crippen LogP contribution < -0.4 is 4.90 Å². The summed E-state index contributed by atoms with van der Waals surface area (Å²) in [5.41, 5.74) is -0.587. The Balaban J connectivity index is 1.84. The first kappa shape index (κ1) is 19.6. The van der Waals surface area contributed by atoms with Crippen LogP contribution in [0.1, 0.15) is 23.5 Å². The van der Waals surface area contributed by atoms with Gasteiger partial charge in [-0.05, 0) is 42.0 Å². The van der Waals surface area contributed by atoms with Gasteiger partial charge in [0, 0.05) is 22.5 Å². The van der Waals surface area contributed by atoms with Crippen molar-refractivity contribution in [3.05, 3.63) is 75.2 Å². The van der Waals surface area contributed by atoms with Crippen molar-refractivity contribution in [1.82, 2.24) is 0 Å². The molecule has 1 atom stereocenters. The van der Waals surface area contributed by atoms with E-state index in [4.69, 9.17) is 4.74 Å². The van der Waals surface area contributed by atoms with E-state index in [1.807, 2.05) is 0 Å². The summed E-state index contributed by atoms with van der Waals surface area (Å²) in [4.78, 5) is 26.3. The van der Waals surface area contributed by atoms with Crippen molar-refractivity contribution in [1.29, 1.82) is 0 Å². The largest absolute Gasteiger partial charge is 0.456 e. The summed E-state index contributed by atoms with van der Waals surface area (Å²) in [6.45, 7) is -0.276. The average Bonchev–Trinajstić information content (AvgIpc) is 3.04. The molecule has 0 N–H and O–H groups in total. The van der Waals surface area contributed by atoms with Crippen LogP contribution in [0.4, 0.5) is 23.2 Å². The predicted octanol–water partition coefficient (Wildman–Crippen LogP) is 4.94. The fourth-order valence-corrected chi connectivity index (χ4v) is 4.00. The summed E-state index contributed by atoms with van der Waals surface area (Å²) in [5, 5.41) is 0. The Morgan fingerprint density at radius 1 is 1.10 bits per heavy atom. The first-order valence-corrected chi connectivity index (χ1v) is 9.31. The summed E-state index contributed by atoms with van der Waals surface area (Å²) in [6, 6.07) is 8.44. The zero-order valence-corrected chi connectivity index (χ0v) is 16.2. The smallest absolute Gasteiger partial charge is 0.416 e. The molecule has 0 bridgehead atoms. The Kier molecular flexibility index (Phi) is 4.72. The number of esters is 1. The number of benzene rings is 2. The van der Waals surface area contributed by atoms with Crippen molar-refractivity contribution in [3.63, 3.8) is 0 Å². The third-order valence-corrected chi connectivity index (χ3v) is 5.38. The number of hydrogen-bond acceptors (Lipinski definition) is 3. The molecule has 2 aliphatic heterocycles. The number of ether oxygens (including phenoxy) is 1. The van der Waals surface area contributed by atoms with Crippen molar-refractivity contribution >= 4 is 33.5 Å². The van der Waals surface area contributed by atoms with E-state index in [0.717, 1.165) is 17.0 Å². The van der Waals surface area contributed by atoms with E-state index < -0.39 is 35.4 Å². The molecular weight excluding hydrogens is 458 g/mol. The molecule has 2 aliphatic rings. The van der Waals surface area contributed by atoms with E-state index in [1.54, 1.807) is 0 Å². The number of carbonyl (C=O) groups is 2. The Labute approximate surface area is 170 Å². The van der Waals surface area contributed by atoms with Gasteiger partial charge in [0.2, 0.25) is 5.91 Å². The molecule has 0 saturated heterocycles. The van der Waals surface area contributed by atoms with Crippen LogP contribution in [0, 0.1) is 5.82 Å². The Hall–Kier alpha value is -2.68. The topological polar surface area (TPSA) is 46.6 Å². The van der Waals surface area contributed by atoms with Crippen LogP contribution in [0.3, 0.4) is 0 Å². The van der Waals surface area contributed by atoms with Gasteiger partial charge in [-0.3, -0.25) is 9.69 Å². The number of rotatable bonds is 2. The minimum Gasteiger partial charge on any atom is -0.456 e. The molecule has 0 saturated carbocycles. The van der Waals surface area contributed by atoms with E-state index in [9.17, 15) is 27.2 Å². The maximum absolute atomic E-state index is 14.4. The predicted molar refractivity (Wildman–Crippen MR) is 98.4 cm³/mol. The number of carbonyl (C=O) groups excluding carboxylic acids is 2. The summed E-state index contributed by atoms with van der Waals surface area (Å²) in [7, 11) is 0. The Bertz CT molecular complexity index is 1060. The van der Waals surface area contributed by atoms with Crippen LogP contribution in [-0.4, -0.2) is 18.5 Å². The number of nitrogens with zero attached hydrogens (tertiary/aromatic N) is 1. The molecule has 2 heterocycles. The lowest BCUT2D eigenvalue weighted by atomic mass is 9.84. The van der Waals surface area contributed by atoms with Gasteiger partial charge in [-0.1, -0.05) is 22.0 Å². The minimum atomic E-state index is -4.59. The van der Waals surface area contributed by atoms with Crippen LogP contribution in [0.2, 0.25) is 0 Å². The number of halogens is 5. The maximum Gasteiger partial charge on any atom is 0.416 e. The van der Waals surface area contributed by atoms with Gasteiger partial charge >= 0.3 is 12.1 Å². The number of cyclic esters (lactones) is 1. The molecule has 0 fully saturated rings. The third kappa shape index (κ3) is 3.43. The monoisotopic (exact) mass is 469 g/mol. The van der Waals surface area contributed by atoms with Crippen molar-refractivity contribution in [2.45, 2.75) is 18.5 Å². The second-order valence-corrected chi connectivity index (χ2v) is 7.55. The molecule has 0 radical (unpaired) electrons. The Morgan fingerprint density at radius 2 is 1.86 bits per heavy atom. The van der Waals surface area contributed by atoms with Crippen LogP contribution in [0.5, 0.6) is 0 Å². The minimum absolute atomic E-state index is 0.0243. The van der Waals surface area contributed by atoms with E-state index in [2.05, 4.69) is 15.9 Å². The standard InChI is InChI=1S/C20H12BrF4NO3/c21-11-4-5-15(22)13(7-11)14-8-17(27)26(16-9-29-19(28)18(14)16)12-3-1-2-10(6-12)20(23,24)25/h1-7,14H,8-9H2. The van der Waals surface area contributed by atoms with Crippen LogP contribution in [0.25, 0.3) is 0 Å². The normalized spacial score (nSPS) is 19.5. The van der Waals surface area contributed by atoms with Crippen molar-refractivity contribution in [2.75, 3.05) is 11.5 Å². The second-order valence-electron chi connectivity index (χ2n) is 6.64. The lowest BCUT2D eigenvalue weighted by molar-refractivity contribution is -0.138. The van der Waals surface area contributed by atoms with Gasteiger partial charge in [-0.25, -0.2) is 9.18 Å².